The third-order valence-electron chi connectivity index (χ3n) is 3.95. The van der Waals surface area contributed by atoms with E-state index in [4.69, 9.17) is 0 Å². The number of allylic oxidation sites excluding steroid dienone is 2. The molecule has 0 spiro atoms. The van der Waals surface area contributed by atoms with Crippen LogP contribution in [0.2, 0.25) is 0 Å². The van der Waals surface area contributed by atoms with Gasteiger partial charge < -0.3 is 0 Å². The average molecular weight is 277 g/mol. The van der Waals surface area contributed by atoms with Crippen LogP contribution in [0.25, 0.3) is 5.57 Å². The van der Waals surface area contributed by atoms with E-state index in [9.17, 15) is 9.18 Å². The zero-order valence-corrected chi connectivity index (χ0v) is 11.3. The number of aliphatic imine (C=N–C) groups is 1. The molecule has 0 fully saturated rings. The Kier molecular flexibility index (Phi) is 2.61. The van der Waals surface area contributed by atoms with Gasteiger partial charge in [0.2, 0.25) is 0 Å². The molecule has 2 aliphatic rings. The first kappa shape index (κ1) is 12.2. The summed E-state index contributed by atoms with van der Waals surface area (Å²) in [6.07, 6.45) is 2.88. The van der Waals surface area contributed by atoms with Crippen molar-refractivity contribution in [3.8, 4) is 0 Å². The van der Waals surface area contributed by atoms with Gasteiger partial charge in [-0.2, -0.15) is 0 Å². The number of benzene rings is 2. The molecular weight excluding hydrogens is 265 g/mol. The number of halogens is 1. The number of rotatable bonds is 1. The fourth-order valence-electron chi connectivity index (χ4n) is 2.94. The Bertz CT molecular complexity index is 833. The summed E-state index contributed by atoms with van der Waals surface area (Å²) in [4.78, 5) is 16.7. The fourth-order valence-corrected chi connectivity index (χ4v) is 2.94. The fraction of sp³-hybridized carbons (Fsp3) is 0.111. The van der Waals surface area contributed by atoms with Crippen molar-refractivity contribution in [2.24, 2.45) is 4.99 Å². The van der Waals surface area contributed by atoms with Crippen LogP contribution in [0.4, 0.5) is 10.1 Å². The number of Topliss-reactive ketones (excluding diaryl/α,β-unsaturated/α-hetero) is 1. The molecule has 0 amide bonds. The highest BCUT2D eigenvalue weighted by molar-refractivity contribution is 6.29. The molecule has 0 radical (unpaired) electrons. The van der Waals surface area contributed by atoms with E-state index in [1.807, 2.05) is 30.3 Å². The molecule has 0 N–H and O–H groups in total. The normalized spacial score (nSPS) is 17.9. The Labute approximate surface area is 121 Å². The molecular formula is C18H12FNO. The third kappa shape index (κ3) is 2.02. The standard InChI is InChI=1S/C18H12FNO/c19-13-6-5-11-8-18(21)16(15(11)9-13)10-14-7-12-3-1-2-4-17(12)20-14/h1-6,9-10H,7-8H2/b16-10-. The van der Waals surface area contributed by atoms with E-state index in [1.54, 1.807) is 6.07 Å². The van der Waals surface area contributed by atoms with E-state index in [2.05, 4.69) is 4.99 Å². The number of fused-ring (bicyclic) bond motifs is 2. The van der Waals surface area contributed by atoms with E-state index >= 15 is 0 Å². The van der Waals surface area contributed by atoms with Crippen molar-refractivity contribution in [1.29, 1.82) is 0 Å². The lowest BCUT2D eigenvalue weighted by atomic mass is 10.0. The van der Waals surface area contributed by atoms with Crippen molar-refractivity contribution in [1.82, 2.24) is 0 Å². The number of carbonyl (C=O) groups excluding carboxylic acids is 1. The number of hydrogen-bond acceptors (Lipinski definition) is 2. The van der Waals surface area contributed by atoms with Gasteiger partial charge in [0.15, 0.2) is 5.78 Å². The van der Waals surface area contributed by atoms with Gasteiger partial charge in [0.05, 0.1) is 5.69 Å². The maximum absolute atomic E-state index is 13.4. The van der Waals surface area contributed by atoms with Gasteiger partial charge in [-0.1, -0.05) is 24.3 Å². The van der Waals surface area contributed by atoms with E-state index < -0.39 is 0 Å². The average Bonchev–Trinajstić information content (AvgIpc) is 3.01. The van der Waals surface area contributed by atoms with E-state index in [-0.39, 0.29) is 11.6 Å². The lowest BCUT2D eigenvalue weighted by molar-refractivity contribution is -0.112. The van der Waals surface area contributed by atoms with Crippen molar-refractivity contribution in [3.05, 3.63) is 71.0 Å². The van der Waals surface area contributed by atoms with Crippen LogP contribution in [0.3, 0.4) is 0 Å². The SMILES string of the molecule is O=C1Cc2ccc(F)cc2/C1=C/C1=Nc2ccccc2C1. The molecule has 0 saturated heterocycles. The molecule has 0 aromatic heterocycles. The van der Waals surface area contributed by atoms with Crippen LogP contribution in [0.15, 0.2) is 53.5 Å². The summed E-state index contributed by atoms with van der Waals surface area (Å²) in [5.74, 6) is -0.278. The molecule has 1 heterocycles. The molecule has 1 aliphatic carbocycles. The van der Waals surface area contributed by atoms with Gasteiger partial charge in [0, 0.05) is 24.1 Å². The van der Waals surface area contributed by atoms with Crippen LogP contribution in [-0.2, 0) is 17.6 Å². The van der Waals surface area contributed by atoms with Gasteiger partial charge in [0.25, 0.3) is 0 Å². The maximum atomic E-state index is 13.4. The molecule has 4 rings (SSSR count). The summed E-state index contributed by atoms with van der Waals surface area (Å²) in [7, 11) is 0. The molecule has 3 heteroatoms. The van der Waals surface area contributed by atoms with Gasteiger partial charge in [-0.05, 0) is 41.0 Å². The lowest BCUT2D eigenvalue weighted by Gasteiger charge is -2.00. The van der Waals surface area contributed by atoms with Crippen molar-refractivity contribution in [2.75, 3.05) is 0 Å². The molecule has 102 valence electrons. The summed E-state index contributed by atoms with van der Waals surface area (Å²) in [5.41, 5.74) is 5.15. The van der Waals surface area contributed by atoms with Crippen LogP contribution in [0, 0.1) is 5.82 Å². The van der Waals surface area contributed by atoms with Gasteiger partial charge in [-0.25, -0.2) is 4.39 Å². The summed E-state index contributed by atoms with van der Waals surface area (Å²) >= 11 is 0. The highest BCUT2D eigenvalue weighted by atomic mass is 19.1. The summed E-state index contributed by atoms with van der Waals surface area (Å²) < 4.78 is 13.4. The quantitative estimate of drug-likeness (QED) is 0.731. The minimum Gasteiger partial charge on any atom is -0.294 e. The first-order chi connectivity index (χ1) is 10.2. The second-order valence-electron chi connectivity index (χ2n) is 5.37. The van der Waals surface area contributed by atoms with Crippen LogP contribution in [0.5, 0.6) is 0 Å². The van der Waals surface area contributed by atoms with Crippen LogP contribution < -0.4 is 0 Å². The van der Waals surface area contributed by atoms with Crippen LogP contribution in [-0.4, -0.2) is 11.5 Å². The molecule has 2 aromatic rings. The molecule has 21 heavy (non-hydrogen) atoms. The molecule has 0 bridgehead atoms. The molecule has 0 unspecified atom stereocenters. The third-order valence-corrected chi connectivity index (χ3v) is 3.95. The summed E-state index contributed by atoms with van der Waals surface area (Å²) in [5, 5.41) is 0. The van der Waals surface area contributed by atoms with Crippen molar-refractivity contribution < 1.29 is 9.18 Å². The zero-order chi connectivity index (χ0) is 14.4. The summed E-state index contributed by atoms with van der Waals surface area (Å²) in [6, 6.07) is 12.5. The molecule has 0 atom stereocenters. The zero-order valence-electron chi connectivity index (χ0n) is 11.3. The topological polar surface area (TPSA) is 29.4 Å². The molecule has 2 aromatic carbocycles. The Morgan fingerprint density at radius 1 is 1.05 bits per heavy atom. The second-order valence-corrected chi connectivity index (χ2v) is 5.37. The number of nitrogens with zero attached hydrogens (tertiary/aromatic N) is 1. The predicted octanol–water partition coefficient (Wildman–Crippen LogP) is 3.66. The minimum atomic E-state index is -0.314. The number of ketones is 1. The molecule has 1 aliphatic heterocycles. The number of para-hydroxylation sites is 1. The van der Waals surface area contributed by atoms with E-state index in [0.717, 1.165) is 28.9 Å². The largest absolute Gasteiger partial charge is 0.294 e. The highest BCUT2D eigenvalue weighted by Gasteiger charge is 2.26. The first-order valence-electron chi connectivity index (χ1n) is 6.90. The van der Waals surface area contributed by atoms with Crippen LogP contribution in [0.1, 0.15) is 16.7 Å². The minimum absolute atomic E-state index is 0.0363. The van der Waals surface area contributed by atoms with Crippen LogP contribution >= 0.6 is 0 Å². The Hall–Kier alpha value is -2.55. The Morgan fingerprint density at radius 3 is 2.76 bits per heavy atom. The van der Waals surface area contributed by atoms with Crippen molar-refractivity contribution in [2.45, 2.75) is 12.8 Å². The summed E-state index contributed by atoms with van der Waals surface area (Å²) in [6.45, 7) is 0. The van der Waals surface area contributed by atoms with Gasteiger partial charge in [-0.3, -0.25) is 9.79 Å². The van der Waals surface area contributed by atoms with Gasteiger partial charge >= 0.3 is 0 Å². The molecule has 0 saturated carbocycles. The monoisotopic (exact) mass is 277 g/mol. The number of carbonyl (C=O) groups is 1. The first-order valence-corrected chi connectivity index (χ1v) is 6.90. The molecule has 2 nitrogen and oxygen atoms in total. The smallest absolute Gasteiger partial charge is 0.167 e. The lowest BCUT2D eigenvalue weighted by Crippen LogP contribution is -1.99. The number of hydrogen-bond donors (Lipinski definition) is 0. The second kappa shape index (κ2) is 4.48. The maximum Gasteiger partial charge on any atom is 0.167 e. The van der Waals surface area contributed by atoms with E-state index in [1.165, 1.54) is 12.1 Å². The predicted molar refractivity (Wildman–Crippen MR) is 80.3 cm³/mol. The Balaban J connectivity index is 1.76. The van der Waals surface area contributed by atoms with Gasteiger partial charge in [0.1, 0.15) is 5.82 Å². The Morgan fingerprint density at radius 2 is 1.90 bits per heavy atom. The van der Waals surface area contributed by atoms with E-state index in [0.29, 0.717) is 17.6 Å². The van der Waals surface area contributed by atoms with Crippen molar-refractivity contribution >= 4 is 22.8 Å². The van der Waals surface area contributed by atoms with Gasteiger partial charge in [-0.15, -0.1) is 0 Å². The highest BCUT2D eigenvalue weighted by Crippen LogP contribution is 2.32. The van der Waals surface area contributed by atoms with Crippen molar-refractivity contribution in [3.63, 3.8) is 0 Å².